The number of rotatable bonds is 8. The molecule has 1 unspecified atom stereocenters. The molecule has 0 aliphatic carbocycles. The number of hydrogen-bond donors (Lipinski definition) is 1. The number of aryl methyl sites for hydroxylation is 1. The Morgan fingerprint density at radius 3 is 2.71 bits per heavy atom. The van der Waals surface area contributed by atoms with Crippen molar-refractivity contribution in [3.8, 4) is 0 Å². The number of nitrogens with one attached hydrogen (secondary N) is 1. The van der Waals surface area contributed by atoms with Gasteiger partial charge in [0.05, 0.1) is 6.04 Å². The van der Waals surface area contributed by atoms with Crippen molar-refractivity contribution < 1.29 is 13.7 Å². The Labute approximate surface area is 165 Å². The highest BCUT2D eigenvalue weighted by Crippen LogP contribution is 2.26. The van der Waals surface area contributed by atoms with Crippen LogP contribution >= 0.6 is 0 Å². The fourth-order valence-electron chi connectivity index (χ4n) is 3.51. The second-order valence-electron chi connectivity index (χ2n) is 7.48. The first-order chi connectivity index (χ1) is 13.6. The minimum absolute atomic E-state index is 0.00620. The molecule has 28 heavy (non-hydrogen) atoms. The molecule has 7 heteroatoms. The molecular weight excluding hydrogens is 359 g/mol. The largest absolute Gasteiger partial charge is 0.352 e. The van der Waals surface area contributed by atoms with E-state index in [4.69, 9.17) is 4.52 Å². The normalized spacial score (nSPS) is 16.8. The first-order valence-corrected chi connectivity index (χ1v) is 10.2. The highest BCUT2D eigenvalue weighted by atomic mass is 19.1. The van der Waals surface area contributed by atoms with Crippen molar-refractivity contribution in [1.29, 1.82) is 0 Å². The number of hydrogen-bond acceptors (Lipinski definition) is 5. The maximum atomic E-state index is 12.9. The van der Waals surface area contributed by atoms with Gasteiger partial charge in [-0.15, -0.1) is 0 Å². The summed E-state index contributed by atoms with van der Waals surface area (Å²) < 4.78 is 18.4. The summed E-state index contributed by atoms with van der Waals surface area (Å²) in [7, 11) is 0. The Morgan fingerprint density at radius 1 is 1.32 bits per heavy atom. The lowest BCUT2D eigenvalue weighted by Crippen LogP contribution is -2.41. The van der Waals surface area contributed by atoms with E-state index in [0.717, 1.165) is 56.6 Å². The molecule has 0 radical (unpaired) electrons. The molecule has 152 valence electrons. The minimum Gasteiger partial charge on any atom is -0.352 e. The van der Waals surface area contributed by atoms with Gasteiger partial charge in [0.15, 0.2) is 5.82 Å². The predicted octanol–water partition coefficient (Wildman–Crippen LogP) is 3.64. The van der Waals surface area contributed by atoms with Gasteiger partial charge in [-0.25, -0.2) is 4.39 Å². The van der Waals surface area contributed by atoms with Gasteiger partial charge in [0.2, 0.25) is 11.8 Å². The maximum absolute atomic E-state index is 12.9. The number of nitrogens with zero attached hydrogens (tertiary/aromatic N) is 3. The molecule has 1 amide bonds. The number of piperidine rings is 1. The van der Waals surface area contributed by atoms with E-state index in [2.05, 4.69) is 34.2 Å². The predicted molar refractivity (Wildman–Crippen MR) is 104 cm³/mol. The Balaban J connectivity index is 1.44. The fourth-order valence-corrected chi connectivity index (χ4v) is 3.51. The van der Waals surface area contributed by atoms with E-state index in [-0.39, 0.29) is 23.7 Å². The smallest absolute Gasteiger partial charge is 0.243 e. The van der Waals surface area contributed by atoms with Gasteiger partial charge in [-0.3, -0.25) is 9.69 Å². The number of unbranched alkanes of at least 4 members (excludes halogenated alkanes) is 1. The Hall–Kier alpha value is -2.28. The van der Waals surface area contributed by atoms with Gasteiger partial charge in [-0.1, -0.05) is 30.6 Å². The molecule has 3 rings (SSSR count). The molecule has 1 saturated heterocycles. The van der Waals surface area contributed by atoms with Gasteiger partial charge in [0.1, 0.15) is 5.82 Å². The molecule has 1 aliphatic rings. The summed E-state index contributed by atoms with van der Waals surface area (Å²) >= 11 is 0. The Bertz CT molecular complexity index is 754. The number of aromatic nitrogens is 2. The first-order valence-electron chi connectivity index (χ1n) is 10.2. The molecule has 2 aromatic rings. The number of likely N-dealkylation sites (tertiary alicyclic amines) is 1. The summed E-state index contributed by atoms with van der Waals surface area (Å²) in [6, 6.07) is 6.27. The molecule has 1 N–H and O–H groups in total. The van der Waals surface area contributed by atoms with Gasteiger partial charge in [0.25, 0.3) is 0 Å². The van der Waals surface area contributed by atoms with Crippen LogP contribution in [0.25, 0.3) is 0 Å². The molecule has 1 aromatic carbocycles. The molecular formula is C21H29FN4O2. The van der Waals surface area contributed by atoms with Gasteiger partial charge >= 0.3 is 0 Å². The third-order valence-electron chi connectivity index (χ3n) is 5.42. The molecule has 2 heterocycles. The average Bonchev–Trinajstić information content (AvgIpc) is 3.20. The lowest BCUT2D eigenvalue weighted by molar-refractivity contribution is -0.126. The van der Waals surface area contributed by atoms with Crippen LogP contribution in [0.15, 0.2) is 28.8 Å². The Kier molecular flexibility index (Phi) is 7.14. The van der Waals surface area contributed by atoms with Gasteiger partial charge < -0.3 is 9.84 Å². The number of carbonyl (C=O) groups is 1. The molecule has 1 atom stereocenters. The summed E-state index contributed by atoms with van der Waals surface area (Å²) in [6.07, 6.45) is 4.62. The summed E-state index contributed by atoms with van der Waals surface area (Å²) in [5.41, 5.74) is 0.899. The molecule has 1 aliphatic heterocycles. The van der Waals surface area contributed by atoms with Crippen molar-refractivity contribution >= 4 is 5.91 Å². The number of amides is 1. The topological polar surface area (TPSA) is 71.3 Å². The van der Waals surface area contributed by atoms with Crippen molar-refractivity contribution in [1.82, 2.24) is 20.4 Å². The van der Waals surface area contributed by atoms with Crippen LogP contribution in [0.1, 0.15) is 62.9 Å². The van der Waals surface area contributed by atoms with Gasteiger partial charge in [0, 0.05) is 18.9 Å². The lowest BCUT2D eigenvalue weighted by atomic mass is 9.95. The van der Waals surface area contributed by atoms with Crippen molar-refractivity contribution in [3.05, 3.63) is 47.4 Å². The number of benzene rings is 1. The van der Waals surface area contributed by atoms with Crippen molar-refractivity contribution in [2.45, 2.75) is 58.5 Å². The van der Waals surface area contributed by atoms with Crippen LogP contribution < -0.4 is 5.32 Å². The van der Waals surface area contributed by atoms with Gasteiger partial charge in [-0.05, 0) is 57.0 Å². The van der Waals surface area contributed by atoms with Crippen LogP contribution in [0.2, 0.25) is 0 Å². The standard InChI is InChI=1S/C21H29FN4O2/c1-3-4-5-19-24-21(28-25-19)15(2)26-12-10-17(11-13-26)20(27)23-14-16-6-8-18(22)9-7-16/h6-9,15,17H,3-5,10-14H2,1-2H3,(H,23,27). The van der Waals surface area contributed by atoms with Crippen LogP contribution in [0, 0.1) is 11.7 Å². The van der Waals surface area contributed by atoms with Crippen LogP contribution in [0.5, 0.6) is 0 Å². The molecule has 6 nitrogen and oxygen atoms in total. The first kappa shape index (κ1) is 20.5. The van der Waals surface area contributed by atoms with E-state index in [1.807, 2.05) is 0 Å². The second kappa shape index (κ2) is 9.78. The van der Waals surface area contributed by atoms with E-state index in [0.29, 0.717) is 12.4 Å². The fraction of sp³-hybridized carbons (Fsp3) is 0.571. The zero-order valence-corrected chi connectivity index (χ0v) is 16.7. The molecule has 0 bridgehead atoms. The van der Waals surface area contributed by atoms with Crippen LogP contribution in [-0.2, 0) is 17.8 Å². The van der Waals surface area contributed by atoms with E-state index in [9.17, 15) is 9.18 Å². The number of halogens is 1. The minimum atomic E-state index is -0.268. The summed E-state index contributed by atoms with van der Waals surface area (Å²) in [5, 5.41) is 7.04. The quantitative estimate of drug-likeness (QED) is 0.748. The molecule has 0 spiro atoms. The highest BCUT2D eigenvalue weighted by Gasteiger charge is 2.29. The highest BCUT2D eigenvalue weighted by molar-refractivity contribution is 5.78. The SMILES string of the molecule is CCCCc1noc(C(C)N2CCC(C(=O)NCc3ccc(F)cc3)CC2)n1. The summed E-state index contributed by atoms with van der Waals surface area (Å²) in [6.45, 7) is 6.29. The summed E-state index contributed by atoms with van der Waals surface area (Å²) in [5.74, 6) is 1.24. The third-order valence-corrected chi connectivity index (χ3v) is 5.42. The zero-order chi connectivity index (χ0) is 19.9. The van der Waals surface area contributed by atoms with Crippen LogP contribution in [-0.4, -0.2) is 34.0 Å². The van der Waals surface area contributed by atoms with Crippen molar-refractivity contribution in [2.24, 2.45) is 5.92 Å². The summed E-state index contributed by atoms with van der Waals surface area (Å²) in [4.78, 5) is 19.3. The van der Waals surface area contributed by atoms with Crippen LogP contribution in [0.4, 0.5) is 4.39 Å². The monoisotopic (exact) mass is 388 g/mol. The maximum Gasteiger partial charge on any atom is 0.243 e. The Morgan fingerprint density at radius 2 is 2.04 bits per heavy atom. The third kappa shape index (κ3) is 5.38. The van der Waals surface area contributed by atoms with E-state index >= 15 is 0 Å². The zero-order valence-electron chi connectivity index (χ0n) is 16.7. The molecule has 1 aromatic heterocycles. The van der Waals surface area contributed by atoms with Crippen molar-refractivity contribution in [2.75, 3.05) is 13.1 Å². The van der Waals surface area contributed by atoms with E-state index in [1.165, 1.54) is 12.1 Å². The number of carbonyl (C=O) groups excluding carboxylic acids is 1. The van der Waals surface area contributed by atoms with E-state index < -0.39 is 0 Å². The van der Waals surface area contributed by atoms with Crippen molar-refractivity contribution in [3.63, 3.8) is 0 Å². The van der Waals surface area contributed by atoms with Gasteiger partial charge in [-0.2, -0.15) is 4.98 Å². The second-order valence-corrected chi connectivity index (χ2v) is 7.48. The van der Waals surface area contributed by atoms with Crippen LogP contribution in [0.3, 0.4) is 0 Å². The lowest BCUT2D eigenvalue weighted by Gasteiger charge is -2.33. The molecule has 0 saturated carbocycles. The molecule has 1 fully saturated rings. The average molecular weight is 388 g/mol. The van der Waals surface area contributed by atoms with E-state index in [1.54, 1.807) is 12.1 Å².